The van der Waals surface area contributed by atoms with Crippen LogP contribution in [0.1, 0.15) is 13.3 Å². The second-order valence-corrected chi connectivity index (χ2v) is 6.19. The second-order valence-electron chi connectivity index (χ2n) is 6.19. The zero-order valence-corrected chi connectivity index (χ0v) is 13.1. The Kier molecular flexibility index (Phi) is 4.98. The molecule has 0 radical (unpaired) electrons. The molecular weight excluding hydrogens is 282 g/mol. The fourth-order valence-electron chi connectivity index (χ4n) is 3.26. The number of morpholine rings is 1. The molecule has 0 aliphatic carbocycles. The van der Waals surface area contributed by atoms with Crippen molar-refractivity contribution in [3.63, 3.8) is 0 Å². The van der Waals surface area contributed by atoms with Crippen LogP contribution < -0.4 is 4.74 Å². The fraction of sp³-hybridized carbons (Fsp3) is 0.647. The van der Waals surface area contributed by atoms with E-state index in [1.807, 2.05) is 30.3 Å². The van der Waals surface area contributed by atoms with Crippen molar-refractivity contribution in [1.82, 2.24) is 4.90 Å². The van der Waals surface area contributed by atoms with Crippen molar-refractivity contribution in [2.24, 2.45) is 0 Å². The third-order valence-electron chi connectivity index (χ3n) is 4.58. The molecule has 2 aliphatic heterocycles. The van der Waals surface area contributed by atoms with E-state index in [1.165, 1.54) is 0 Å². The molecule has 0 amide bonds. The predicted octanol–water partition coefficient (Wildman–Crippen LogP) is 1.31. The first kappa shape index (κ1) is 15.7. The molecule has 122 valence electrons. The van der Waals surface area contributed by atoms with Gasteiger partial charge in [0.05, 0.1) is 12.7 Å². The van der Waals surface area contributed by atoms with Crippen LogP contribution in [0.4, 0.5) is 0 Å². The fourth-order valence-corrected chi connectivity index (χ4v) is 3.26. The van der Waals surface area contributed by atoms with E-state index in [4.69, 9.17) is 14.2 Å². The highest BCUT2D eigenvalue weighted by molar-refractivity contribution is 5.20. The molecule has 22 heavy (non-hydrogen) atoms. The molecule has 2 fully saturated rings. The SMILES string of the molecule is C[C@@H]1OCC[C@@]12CN(C[C@@H](O)COc1ccccc1)CCO2. The van der Waals surface area contributed by atoms with Gasteiger partial charge in [-0.1, -0.05) is 18.2 Å². The minimum absolute atomic E-state index is 0.119. The molecule has 2 heterocycles. The van der Waals surface area contributed by atoms with E-state index in [2.05, 4.69) is 11.8 Å². The van der Waals surface area contributed by atoms with Crippen molar-refractivity contribution in [3.05, 3.63) is 30.3 Å². The quantitative estimate of drug-likeness (QED) is 0.889. The van der Waals surface area contributed by atoms with Crippen LogP contribution >= 0.6 is 0 Å². The number of aliphatic hydroxyl groups excluding tert-OH is 1. The summed E-state index contributed by atoms with van der Waals surface area (Å²) in [7, 11) is 0. The van der Waals surface area contributed by atoms with Crippen molar-refractivity contribution < 1.29 is 19.3 Å². The van der Waals surface area contributed by atoms with E-state index in [0.29, 0.717) is 19.8 Å². The van der Waals surface area contributed by atoms with Gasteiger partial charge in [-0.05, 0) is 19.1 Å². The molecular formula is C17H25NO4. The van der Waals surface area contributed by atoms with Gasteiger partial charge in [0.15, 0.2) is 0 Å². The Balaban J connectivity index is 1.48. The monoisotopic (exact) mass is 307 g/mol. The molecule has 1 aromatic carbocycles. The summed E-state index contributed by atoms with van der Waals surface area (Å²) in [6.45, 7) is 6.10. The van der Waals surface area contributed by atoms with E-state index in [1.54, 1.807) is 0 Å². The first-order valence-electron chi connectivity index (χ1n) is 8.02. The van der Waals surface area contributed by atoms with Gasteiger partial charge in [0.1, 0.15) is 24.1 Å². The van der Waals surface area contributed by atoms with Crippen molar-refractivity contribution in [3.8, 4) is 5.75 Å². The maximum atomic E-state index is 10.2. The maximum absolute atomic E-state index is 10.2. The Morgan fingerprint density at radius 3 is 2.91 bits per heavy atom. The van der Waals surface area contributed by atoms with Gasteiger partial charge in [-0.3, -0.25) is 4.90 Å². The first-order valence-corrected chi connectivity index (χ1v) is 8.02. The summed E-state index contributed by atoms with van der Waals surface area (Å²) < 4.78 is 17.3. The third-order valence-corrected chi connectivity index (χ3v) is 4.58. The number of aliphatic hydroxyl groups is 1. The summed E-state index contributed by atoms with van der Waals surface area (Å²) in [5.74, 6) is 0.790. The highest BCUT2D eigenvalue weighted by Gasteiger charge is 2.46. The van der Waals surface area contributed by atoms with Crippen LogP contribution in [0.3, 0.4) is 0 Å². The van der Waals surface area contributed by atoms with Crippen LogP contribution in [0.15, 0.2) is 30.3 Å². The van der Waals surface area contributed by atoms with Gasteiger partial charge >= 0.3 is 0 Å². The van der Waals surface area contributed by atoms with Crippen molar-refractivity contribution in [2.75, 3.05) is 39.5 Å². The number of β-amino-alcohol motifs (C(OH)–C–C–N with tert-alkyl or cyclic N) is 1. The van der Waals surface area contributed by atoms with Crippen LogP contribution in [0, 0.1) is 0 Å². The number of rotatable bonds is 5. The summed E-state index contributed by atoms with van der Waals surface area (Å²) in [6.07, 6.45) is 0.544. The minimum Gasteiger partial charge on any atom is -0.491 e. The van der Waals surface area contributed by atoms with Gasteiger partial charge in [-0.2, -0.15) is 0 Å². The lowest BCUT2D eigenvalue weighted by Gasteiger charge is -2.42. The minimum atomic E-state index is -0.506. The van der Waals surface area contributed by atoms with E-state index in [0.717, 1.165) is 31.9 Å². The molecule has 5 nitrogen and oxygen atoms in total. The largest absolute Gasteiger partial charge is 0.491 e. The maximum Gasteiger partial charge on any atom is 0.119 e. The molecule has 5 heteroatoms. The summed E-state index contributed by atoms with van der Waals surface area (Å²) >= 11 is 0. The van der Waals surface area contributed by atoms with Gasteiger partial charge in [-0.25, -0.2) is 0 Å². The average Bonchev–Trinajstić information content (AvgIpc) is 2.87. The number of ether oxygens (including phenoxy) is 3. The van der Waals surface area contributed by atoms with Crippen LogP contribution in [0.25, 0.3) is 0 Å². The van der Waals surface area contributed by atoms with Gasteiger partial charge in [-0.15, -0.1) is 0 Å². The zero-order chi connectivity index (χ0) is 15.4. The molecule has 0 unspecified atom stereocenters. The van der Waals surface area contributed by atoms with Crippen molar-refractivity contribution in [2.45, 2.75) is 31.2 Å². The Labute approximate surface area is 131 Å². The Hall–Kier alpha value is -1.14. The number of hydrogen-bond acceptors (Lipinski definition) is 5. The Bertz CT molecular complexity index is 469. The highest BCUT2D eigenvalue weighted by atomic mass is 16.6. The zero-order valence-electron chi connectivity index (χ0n) is 13.1. The Morgan fingerprint density at radius 1 is 1.36 bits per heavy atom. The molecule has 3 rings (SSSR count). The van der Waals surface area contributed by atoms with E-state index in [9.17, 15) is 5.11 Å². The van der Waals surface area contributed by atoms with Gasteiger partial charge in [0.2, 0.25) is 0 Å². The van der Waals surface area contributed by atoms with E-state index in [-0.39, 0.29) is 11.7 Å². The molecule has 0 saturated carbocycles. The summed E-state index contributed by atoms with van der Waals surface area (Å²) in [4.78, 5) is 2.26. The number of para-hydroxylation sites is 1. The van der Waals surface area contributed by atoms with Gasteiger partial charge < -0.3 is 19.3 Å². The Morgan fingerprint density at radius 2 is 2.18 bits per heavy atom. The molecule has 0 bridgehead atoms. The van der Waals surface area contributed by atoms with Crippen LogP contribution in [0.5, 0.6) is 5.75 Å². The van der Waals surface area contributed by atoms with Crippen molar-refractivity contribution in [1.29, 1.82) is 0 Å². The molecule has 2 aliphatic rings. The molecule has 1 N–H and O–H groups in total. The van der Waals surface area contributed by atoms with E-state index >= 15 is 0 Å². The second kappa shape index (κ2) is 6.96. The number of benzene rings is 1. The molecule has 3 atom stereocenters. The first-order chi connectivity index (χ1) is 10.7. The normalized spacial score (nSPS) is 30.5. The lowest BCUT2D eigenvalue weighted by Crippen LogP contribution is -2.56. The average molecular weight is 307 g/mol. The van der Waals surface area contributed by atoms with Gasteiger partial charge in [0, 0.05) is 32.7 Å². The van der Waals surface area contributed by atoms with Crippen LogP contribution in [-0.2, 0) is 9.47 Å². The molecule has 1 aromatic rings. The number of hydrogen-bond donors (Lipinski definition) is 1. The van der Waals surface area contributed by atoms with Gasteiger partial charge in [0.25, 0.3) is 0 Å². The molecule has 1 spiro atoms. The lowest BCUT2D eigenvalue weighted by molar-refractivity contribution is -0.140. The lowest BCUT2D eigenvalue weighted by atomic mass is 9.94. The molecule has 2 saturated heterocycles. The molecule has 0 aromatic heterocycles. The highest BCUT2D eigenvalue weighted by Crippen LogP contribution is 2.33. The predicted molar refractivity (Wildman–Crippen MR) is 83.1 cm³/mol. The standard InChI is InChI=1S/C17H25NO4/c1-14-17(7-9-20-14)13-18(8-10-22-17)11-15(19)12-21-16-5-3-2-4-6-16/h2-6,14-15,19H,7-13H2,1H3/t14-,15+,17+/m0/s1. The summed E-state index contributed by atoms with van der Waals surface area (Å²) in [6, 6.07) is 9.59. The van der Waals surface area contributed by atoms with E-state index < -0.39 is 6.10 Å². The van der Waals surface area contributed by atoms with Crippen LogP contribution in [-0.4, -0.2) is 67.3 Å². The third kappa shape index (κ3) is 3.60. The summed E-state index contributed by atoms with van der Waals surface area (Å²) in [5.41, 5.74) is -0.196. The smallest absolute Gasteiger partial charge is 0.119 e. The number of nitrogens with zero attached hydrogens (tertiary/aromatic N) is 1. The topological polar surface area (TPSA) is 51.2 Å². The van der Waals surface area contributed by atoms with Crippen molar-refractivity contribution >= 4 is 0 Å². The van der Waals surface area contributed by atoms with Crippen LogP contribution in [0.2, 0.25) is 0 Å². The summed E-state index contributed by atoms with van der Waals surface area (Å²) in [5, 5.41) is 10.2.